The SMILES string of the molecule is COc1ccc(Cl)cc1NC(=O)Cn1cnc2c(-c3ccccn3)nsc2c1=O. The molecule has 0 radical (unpaired) electrons. The monoisotopic (exact) mass is 427 g/mol. The van der Waals surface area contributed by atoms with Crippen LogP contribution in [0.4, 0.5) is 5.69 Å². The van der Waals surface area contributed by atoms with Gasteiger partial charge in [-0.15, -0.1) is 0 Å². The highest BCUT2D eigenvalue weighted by atomic mass is 35.5. The smallest absolute Gasteiger partial charge is 0.273 e. The number of amides is 1. The van der Waals surface area contributed by atoms with E-state index in [0.29, 0.717) is 38.1 Å². The minimum Gasteiger partial charge on any atom is -0.495 e. The van der Waals surface area contributed by atoms with E-state index in [1.54, 1.807) is 36.5 Å². The van der Waals surface area contributed by atoms with Crippen LogP contribution >= 0.6 is 23.1 Å². The summed E-state index contributed by atoms with van der Waals surface area (Å²) in [5, 5.41) is 3.15. The zero-order valence-corrected chi connectivity index (χ0v) is 16.7. The number of pyridine rings is 1. The third-order valence-corrected chi connectivity index (χ3v) is 5.17. The van der Waals surface area contributed by atoms with E-state index in [-0.39, 0.29) is 12.1 Å². The maximum atomic E-state index is 12.8. The lowest BCUT2D eigenvalue weighted by atomic mass is 10.2. The number of benzene rings is 1. The molecule has 3 heterocycles. The number of ether oxygens (including phenoxy) is 1. The van der Waals surface area contributed by atoms with Crippen molar-refractivity contribution in [1.82, 2.24) is 18.9 Å². The van der Waals surface area contributed by atoms with Gasteiger partial charge in [0.05, 0.1) is 24.8 Å². The van der Waals surface area contributed by atoms with Crippen LogP contribution in [0.3, 0.4) is 0 Å². The number of anilines is 1. The van der Waals surface area contributed by atoms with Crippen LogP contribution in [-0.4, -0.2) is 31.9 Å². The Kier molecular flexibility index (Phi) is 5.24. The first-order chi connectivity index (χ1) is 14.1. The Morgan fingerprint density at radius 3 is 2.90 bits per heavy atom. The van der Waals surface area contributed by atoms with Crippen molar-refractivity contribution >= 4 is 44.9 Å². The first-order valence-electron chi connectivity index (χ1n) is 8.46. The number of halogens is 1. The van der Waals surface area contributed by atoms with E-state index in [1.165, 1.54) is 18.0 Å². The second kappa shape index (κ2) is 7.98. The quantitative estimate of drug-likeness (QED) is 0.525. The van der Waals surface area contributed by atoms with Crippen molar-refractivity contribution in [1.29, 1.82) is 0 Å². The fourth-order valence-electron chi connectivity index (χ4n) is 2.76. The average molecular weight is 428 g/mol. The molecule has 0 saturated carbocycles. The summed E-state index contributed by atoms with van der Waals surface area (Å²) < 4.78 is 11.1. The fraction of sp³-hybridized carbons (Fsp3) is 0.105. The molecule has 0 aliphatic carbocycles. The number of carbonyl (C=O) groups is 1. The van der Waals surface area contributed by atoms with Crippen molar-refractivity contribution < 1.29 is 9.53 Å². The molecule has 1 aromatic carbocycles. The first kappa shape index (κ1) is 19.0. The molecular weight excluding hydrogens is 414 g/mol. The van der Waals surface area contributed by atoms with Crippen molar-refractivity contribution in [3.05, 3.63) is 64.3 Å². The molecule has 3 aromatic heterocycles. The molecule has 0 unspecified atom stereocenters. The molecule has 8 nitrogen and oxygen atoms in total. The summed E-state index contributed by atoms with van der Waals surface area (Å²) in [6, 6.07) is 10.3. The number of aromatic nitrogens is 4. The number of carbonyl (C=O) groups excluding carboxylic acids is 1. The van der Waals surface area contributed by atoms with Crippen LogP contribution in [0.1, 0.15) is 0 Å². The average Bonchev–Trinajstić information content (AvgIpc) is 3.16. The van der Waals surface area contributed by atoms with Crippen LogP contribution < -0.4 is 15.6 Å². The molecule has 0 bridgehead atoms. The van der Waals surface area contributed by atoms with Gasteiger partial charge in [-0.2, -0.15) is 4.37 Å². The van der Waals surface area contributed by atoms with Gasteiger partial charge in [0.1, 0.15) is 28.2 Å². The highest BCUT2D eigenvalue weighted by Crippen LogP contribution is 2.28. The van der Waals surface area contributed by atoms with Crippen molar-refractivity contribution in [3.8, 4) is 17.1 Å². The molecule has 0 spiro atoms. The molecule has 0 fully saturated rings. The molecular formula is C19H14ClN5O3S. The predicted octanol–water partition coefficient (Wildman–Crippen LogP) is 3.22. The molecule has 29 heavy (non-hydrogen) atoms. The van der Waals surface area contributed by atoms with Gasteiger partial charge < -0.3 is 10.1 Å². The number of nitrogens with one attached hydrogen (secondary N) is 1. The van der Waals surface area contributed by atoms with Gasteiger partial charge >= 0.3 is 0 Å². The van der Waals surface area contributed by atoms with Gasteiger partial charge in [0.25, 0.3) is 5.56 Å². The van der Waals surface area contributed by atoms with E-state index in [9.17, 15) is 9.59 Å². The van der Waals surface area contributed by atoms with E-state index >= 15 is 0 Å². The van der Waals surface area contributed by atoms with E-state index < -0.39 is 5.91 Å². The molecule has 1 amide bonds. The van der Waals surface area contributed by atoms with E-state index in [1.807, 2.05) is 6.07 Å². The molecule has 4 rings (SSSR count). The van der Waals surface area contributed by atoms with Gasteiger partial charge in [0, 0.05) is 11.2 Å². The van der Waals surface area contributed by atoms with Crippen LogP contribution in [-0.2, 0) is 11.3 Å². The second-order valence-corrected chi connectivity index (χ2v) is 7.20. The summed E-state index contributed by atoms with van der Waals surface area (Å²) in [4.78, 5) is 33.8. The van der Waals surface area contributed by atoms with Crippen molar-refractivity contribution in [2.45, 2.75) is 6.54 Å². The highest BCUT2D eigenvalue weighted by Gasteiger charge is 2.16. The number of rotatable bonds is 5. The van der Waals surface area contributed by atoms with Gasteiger partial charge in [-0.05, 0) is 41.9 Å². The molecule has 146 valence electrons. The number of fused-ring (bicyclic) bond motifs is 1. The van der Waals surface area contributed by atoms with E-state index in [2.05, 4.69) is 19.7 Å². The van der Waals surface area contributed by atoms with Gasteiger partial charge in [0.2, 0.25) is 5.91 Å². The lowest BCUT2D eigenvalue weighted by Gasteiger charge is -2.11. The molecule has 1 N–H and O–H groups in total. The Labute approximate surface area is 173 Å². The lowest BCUT2D eigenvalue weighted by Crippen LogP contribution is -2.27. The molecule has 0 aliphatic heterocycles. The lowest BCUT2D eigenvalue weighted by molar-refractivity contribution is -0.116. The van der Waals surface area contributed by atoms with Gasteiger partial charge in [-0.1, -0.05) is 17.7 Å². The summed E-state index contributed by atoms with van der Waals surface area (Å²) in [6.07, 6.45) is 2.98. The molecule has 4 aromatic rings. The Balaban J connectivity index is 1.61. The van der Waals surface area contributed by atoms with Crippen LogP contribution in [0.25, 0.3) is 21.6 Å². The number of nitrogens with zero attached hydrogens (tertiary/aromatic N) is 4. The highest BCUT2D eigenvalue weighted by molar-refractivity contribution is 7.13. The second-order valence-electron chi connectivity index (χ2n) is 5.99. The normalized spacial score (nSPS) is 10.8. The fourth-order valence-corrected chi connectivity index (χ4v) is 3.73. The summed E-state index contributed by atoms with van der Waals surface area (Å²) in [5.41, 5.74) is 1.72. The van der Waals surface area contributed by atoms with Crippen molar-refractivity contribution in [2.24, 2.45) is 0 Å². The zero-order valence-electron chi connectivity index (χ0n) is 15.1. The van der Waals surface area contributed by atoms with Gasteiger partial charge in [-0.25, -0.2) is 4.98 Å². The molecule has 0 aliphatic rings. The Morgan fingerprint density at radius 1 is 1.28 bits per heavy atom. The van der Waals surface area contributed by atoms with Crippen molar-refractivity contribution in [2.75, 3.05) is 12.4 Å². The maximum absolute atomic E-state index is 12.8. The summed E-state index contributed by atoms with van der Waals surface area (Å²) in [6.45, 7) is -0.214. The molecule has 0 atom stereocenters. The largest absolute Gasteiger partial charge is 0.495 e. The summed E-state index contributed by atoms with van der Waals surface area (Å²) in [5.74, 6) is 0.0504. The van der Waals surface area contributed by atoms with Crippen LogP contribution in [0.15, 0.2) is 53.7 Å². The standard InChI is InChI=1S/C19H14ClN5O3S/c1-28-14-6-5-11(20)8-13(14)23-15(26)9-25-10-22-17-16(12-4-2-3-7-21-12)24-29-18(17)19(25)27/h2-8,10H,9H2,1H3,(H,23,26). The zero-order chi connectivity index (χ0) is 20.4. The van der Waals surface area contributed by atoms with E-state index in [4.69, 9.17) is 16.3 Å². The topological polar surface area (TPSA) is 99.0 Å². The van der Waals surface area contributed by atoms with Gasteiger partial charge in [0.15, 0.2) is 0 Å². The van der Waals surface area contributed by atoms with Crippen LogP contribution in [0.2, 0.25) is 5.02 Å². The number of methoxy groups -OCH3 is 1. The minimum absolute atomic E-state index is 0.214. The minimum atomic E-state index is -0.414. The molecule has 0 saturated heterocycles. The van der Waals surface area contributed by atoms with Gasteiger partial charge in [-0.3, -0.25) is 19.1 Å². The summed E-state index contributed by atoms with van der Waals surface area (Å²) >= 11 is 7.01. The van der Waals surface area contributed by atoms with E-state index in [0.717, 1.165) is 11.5 Å². The Hall–Kier alpha value is -3.30. The Morgan fingerprint density at radius 2 is 2.14 bits per heavy atom. The third-order valence-electron chi connectivity index (χ3n) is 4.11. The summed E-state index contributed by atoms with van der Waals surface area (Å²) in [7, 11) is 1.49. The molecule has 10 heteroatoms. The van der Waals surface area contributed by atoms with Crippen LogP contribution in [0.5, 0.6) is 5.75 Å². The maximum Gasteiger partial charge on any atom is 0.273 e. The Bertz CT molecular complexity index is 1260. The first-order valence-corrected chi connectivity index (χ1v) is 9.61. The van der Waals surface area contributed by atoms with Crippen molar-refractivity contribution in [3.63, 3.8) is 0 Å². The number of hydrogen-bond acceptors (Lipinski definition) is 7. The third kappa shape index (κ3) is 3.82. The predicted molar refractivity (Wildman–Crippen MR) is 112 cm³/mol. The van der Waals surface area contributed by atoms with Crippen LogP contribution in [0, 0.1) is 0 Å². The number of hydrogen-bond donors (Lipinski definition) is 1.